The molecule has 7 nitrogen and oxygen atoms in total. The molecular weight excluding hydrogens is 430 g/mol. The van der Waals surface area contributed by atoms with E-state index in [1.54, 1.807) is 7.11 Å². The van der Waals surface area contributed by atoms with Crippen molar-refractivity contribution in [2.45, 2.75) is 19.8 Å². The summed E-state index contributed by atoms with van der Waals surface area (Å²) in [5.74, 6) is 2.30. The van der Waals surface area contributed by atoms with Crippen LogP contribution in [-0.2, 0) is 4.79 Å². The summed E-state index contributed by atoms with van der Waals surface area (Å²) in [4.78, 5) is 24.8. The molecule has 0 aliphatic heterocycles. The van der Waals surface area contributed by atoms with Crippen molar-refractivity contribution in [3.8, 4) is 45.7 Å². The molecule has 3 aromatic carbocycles. The molecule has 0 fully saturated rings. The van der Waals surface area contributed by atoms with Crippen LogP contribution in [0.4, 0.5) is 0 Å². The van der Waals surface area contributed by atoms with E-state index in [0.29, 0.717) is 36.3 Å². The molecule has 34 heavy (non-hydrogen) atoms. The van der Waals surface area contributed by atoms with Crippen molar-refractivity contribution < 1.29 is 19.4 Å². The number of carboxylic acid groups (broad SMARTS) is 1. The number of aryl methyl sites for hydroxylation is 1. The lowest BCUT2D eigenvalue weighted by Crippen LogP contribution is -2.02. The molecule has 4 aromatic rings. The van der Waals surface area contributed by atoms with Gasteiger partial charge in [-0.1, -0.05) is 29.8 Å². The van der Waals surface area contributed by atoms with Crippen LogP contribution in [0.25, 0.3) is 34.2 Å². The summed E-state index contributed by atoms with van der Waals surface area (Å²) in [6.45, 7) is 2.38. The van der Waals surface area contributed by atoms with Crippen LogP contribution in [0.1, 0.15) is 18.4 Å². The number of carbonyl (C=O) groups is 1. The molecular formula is C27H25N3O4. The molecule has 1 heterocycles. The van der Waals surface area contributed by atoms with Gasteiger partial charge in [0.1, 0.15) is 11.5 Å². The fraction of sp³-hybridized carbons (Fsp3) is 0.185. The van der Waals surface area contributed by atoms with Crippen LogP contribution in [0.2, 0.25) is 0 Å². The number of ether oxygens (including phenoxy) is 2. The molecule has 0 unspecified atom stereocenters. The lowest BCUT2D eigenvalue weighted by atomic mass is 10.1. The third-order valence-corrected chi connectivity index (χ3v) is 5.21. The van der Waals surface area contributed by atoms with Crippen LogP contribution in [0.15, 0.2) is 72.8 Å². The maximum absolute atomic E-state index is 10.6. The molecule has 0 saturated heterocycles. The maximum Gasteiger partial charge on any atom is 0.303 e. The van der Waals surface area contributed by atoms with Crippen molar-refractivity contribution in [1.82, 2.24) is 15.0 Å². The van der Waals surface area contributed by atoms with Gasteiger partial charge in [-0.15, -0.1) is 0 Å². The number of rotatable bonds is 9. The SMILES string of the molecule is COc1ccc(-c2nc(-c3ccc(C)cc3)nc(-c3ccc(OCCCC(=O)O)cc3)n2)cc1. The van der Waals surface area contributed by atoms with Crippen LogP contribution >= 0.6 is 0 Å². The lowest BCUT2D eigenvalue weighted by molar-refractivity contribution is -0.137. The Morgan fingerprint density at radius 1 is 0.735 bits per heavy atom. The highest BCUT2D eigenvalue weighted by Crippen LogP contribution is 2.27. The highest BCUT2D eigenvalue weighted by atomic mass is 16.5. The molecule has 0 amide bonds. The molecule has 0 aliphatic rings. The normalized spacial score (nSPS) is 10.6. The summed E-state index contributed by atoms with van der Waals surface area (Å²) < 4.78 is 10.9. The average molecular weight is 456 g/mol. The summed E-state index contributed by atoms with van der Waals surface area (Å²) in [5.41, 5.74) is 3.74. The van der Waals surface area contributed by atoms with Gasteiger partial charge in [-0.05, 0) is 61.9 Å². The van der Waals surface area contributed by atoms with Crippen molar-refractivity contribution >= 4 is 5.97 Å². The fourth-order valence-corrected chi connectivity index (χ4v) is 3.32. The number of benzene rings is 3. The molecule has 0 saturated carbocycles. The molecule has 4 rings (SSSR count). The maximum atomic E-state index is 10.6. The second kappa shape index (κ2) is 10.6. The fourth-order valence-electron chi connectivity index (χ4n) is 3.32. The number of methoxy groups -OCH3 is 1. The summed E-state index contributed by atoms with van der Waals surface area (Å²) in [5, 5.41) is 8.74. The predicted octanol–water partition coefficient (Wildman–Crippen LogP) is 5.43. The molecule has 0 spiro atoms. The second-order valence-corrected chi connectivity index (χ2v) is 7.77. The smallest absolute Gasteiger partial charge is 0.303 e. The number of hydrogen-bond donors (Lipinski definition) is 1. The standard InChI is InChI=1S/C27H25N3O4/c1-18-5-7-19(8-6-18)25-28-26(20-9-13-22(33-2)14-10-20)30-27(29-25)21-11-15-23(16-12-21)34-17-3-4-24(31)32/h5-16H,3-4,17H2,1-2H3,(H,31,32). The van der Waals surface area contributed by atoms with Gasteiger partial charge in [0.15, 0.2) is 17.5 Å². The van der Waals surface area contributed by atoms with E-state index in [9.17, 15) is 4.79 Å². The Morgan fingerprint density at radius 2 is 1.18 bits per heavy atom. The topological polar surface area (TPSA) is 94.4 Å². The summed E-state index contributed by atoms with van der Waals surface area (Å²) in [7, 11) is 1.63. The van der Waals surface area contributed by atoms with Crippen LogP contribution < -0.4 is 9.47 Å². The largest absolute Gasteiger partial charge is 0.497 e. The first-order valence-corrected chi connectivity index (χ1v) is 10.9. The van der Waals surface area contributed by atoms with Gasteiger partial charge in [0, 0.05) is 23.1 Å². The highest BCUT2D eigenvalue weighted by molar-refractivity contribution is 5.67. The Hall–Kier alpha value is -4.26. The van der Waals surface area contributed by atoms with Gasteiger partial charge in [-0.25, -0.2) is 15.0 Å². The number of aromatic nitrogens is 3. The summed E-state index contributed by atoms with van der Waals surface area (Å²) >= 11 is 0. The van der Waals surface area contributed by atoms with E-state index in [2.05, 4.69) is 0 Å². The summed E-state index contributed by atoms with van der Waals surface area (Å²) in [6, 6.07) is 23.1. The predicted molar refractivity (Wildman–Crippen MR) is 130 cm³/mol. The van der Waals surface area contributed by atoms with Gasteiger partial charge < -0.3 is 14.6 Å². The van der Waals surface area contributed by atoms with E-state index >= 15 is 0 Å². The number of aliphatic carboxylic acids is 1. The zero-order chi connectivity index (χ0) is 23.9. The lowest BCUT2D eigenvalue weighted by Gasteiger charge is -2.10. The van der Waals surface area contributed by atoms with Crippen LogP contribution in [0, 0.1) is 6.92 Å². The van der Waals surface area contributed by atoms with Gasteiger partial charge in [-0.2, -0.15) is 0 Å². The van der Waals surface area contributed by atoms with Gasteiger partial charge in [0.05, 0.1) is 13.7 Å². The first-order valence-electron chi connectivity index (χ1n) is 10.9. The number of nitrogens with zero attached hydrogens (tertiary/aromatic N) is 3. The number of hydrogen-bond acceptors (Lipinski definition) is 6. The van der Waals surface area contributed by atoms with Crippen LogP contribution in [0.3, 0.4) is 0 Å². The quantitative estimate of drug-likeness (QED) is 0.336. The Kier molecular flexibility index (Phi) is 7.13. The van der Waals surface area contributed by atoms with Gasteiger partial charge >= 0.3 is 5.97 Å². The molecule has 1 N–H and O–H groups in total. The van der Waals surface area contributed by atoms with E-state index < -0.39 is 5.97 Å². The first kappa shape index (κ1) is 22.9. The second-order valence-electron chi connectivity index (χ2n) is 7.77. The van der Waals surface area contributed by atoms with Gasteiger partial charge in [0.2, 0.25) is 0 Å². The van der Waals surface area contributed by atoms with Crippen molar-refractivity contribution in [3.05, 3.63) is 78.4 Å². The molecule has 0 radical (unpaired) electrons. The van der Waals surface area contributed by atoms with Crippen molar-refractivity contribution in [1.29, 1.82) is 0 Å². The van der Waals surface area contributed by atoms with E-state index in [1.165, 1.54) is 0 Å². The minimum Gasteiger partial charge on any atom is -0.497 e. The van der Waals surface area contributed by atoms with Gasteiger partial charge in [-0.3, -0.25) is 4.79 Å². The molecule has 1 aromatic heterocycles. The molecule has 0 bridgehead atoms. The van der Waals surface area contributed by atoms with E-state index in [1.807, 2.05) is 79.7 Å². The third kappa shape index (κ3) is 5.75. The Bertz CT molecular complexity index is 1250. The zero-order valence-corrected chi connectivity index (χ0v) is 19.1. The molecule has 172 valence electrons. The molecule has 0 aliphatic carbocycles. The zero-order valence-electron chi connectivity index (χ0n) is 19.1. The molecule has 0 atom stereocenters. The first-order chi connectivity index (χ1) is 16.5. The monoisotopic (exact) mass is 455 g/mol. The Balaban J connectivity index is 1.66. The summed E-state index contributed by atoms with van der Waals surface area (Å²) in [6.07, 6.45) is 0.536. The third-order valence-electron chi connectivity index (χ3n) is 5.21. The minimum absolute atomic E-state index is 0.0822. The Morgan fingerprint density at radius 3 is 1.62 bits per heavy atom. The number of carboxylic acids is 1. The van der Waals surface area contributed by atoms with E-state index in [0.717, 1.165) is 28.0 Å². The highest BCUT2D eigenvalue weighted by Gasteiger charge is 2.12. The van der Waals surface area contributed by atoms with E-state index in [4.69, 9.17) is 29.5 Å². The van der Waals surface area contributed by atoms with Crippen LogP contribution in [0.5, 0.6) is 11.5 Å². The van der Waals surface area contributed by atoms with Gasteiger partial charge in [0.25, 0.3) is 0 Å². The molecule has 7 heteroatoms. The van der Waals surface area contributed by atoms with Crippen molar-refractivity contribution in [2.75, 3.05) is 13.7 Å². The van der Waals surface area contributed by atoms with Crippen LogP contribution in [-0.4, -0.2) is 39.7 Å². The minimum atomic E-state index is -0.828. The Labute approximate surface area is 198 Å². The van der Waals surface area contributed by atoms with Crippen molar-refractivity contribution in [2.24, 2.45) is 0 Å². The van der Waals surface area contributed by atoms with Crippen molar-refractivity contribution in [3.63, 3.8) is 0 Å². The average Bonchev–Trinajstić information content (AvgIpc) is 2.87. The van der Waals surface area contributed by atoms with E-state index in [-0.39, 0.29) is 6.42 Å².